The number of carbonyl (C=O) groups is 1. The molecule has 0 spiro atoms. The van der Waals surface area contributed by atoms with Crippen molar-refractivity contribution < 1.29 is 9.53 Å². The van der Waals surface area contributed by atoms with Crippen LogP contribution in [0.2, 0.25) is 5.02 Å². The average Bonchev–Trinajstić information content (AvgIpc) is 1.96. The fourth-order valence-electron chi connectivity index (χ4n) is 0.770. The Hall–Kier alpha value is -0.0600. The fourth-order valence-corrected chi connectivity index (χ4v) is 2.58. The molecule has 0 unspecified atom stereocenters. The monoisotopic (exact) mass is 326 g/mol. The van der Waals surface area contributed by atoms with Gasteiger partial charge in [-0.1, -0.05) is 27.5 Å². The van der Waals surface area contributed by atoms with E-state index < -0.39 is 5.97 Å². The van der Waals surface area contributed by atoms with Crippen LogP contribution < -0.4 is 4.74 Å². The van der Waals surface area contributed by atoms with Gasteiger partial charge in [-0.25, -0.2) is 0 Å². The lowest BCUT2D eigenvalue weighted by Gasteiger charge is -2.06. The molecule has 0 aliphatic heterocycles. The van der Waals surface area contributed by atoms with Gasteiger partial charge in [-0.3, -0.25) is 4.79 Å². The van der Waals surface area contributed by atoms with Gasteiger partial charge in [-0.15, -0.1) is 0 Å². The van der Waals surface area contributed by atoms with Crippen molar-refractivity contribution in [1.29, 1.82) is 0 Å². The van der Waals surface area contributed by atoms with E-state index >= 15 is 0 Å². The molecule has 0 saturated heterocycles. The predicted molar refractivity (Wildman–Crippen MR) is 58.2 cm³/mol. The van der Waals surface area contributed by atoms with Gasteiger partial charge in [-0.05, 0) is 28.1 Å². The highest BCUT2D eigenvalue weighted by molar-refractivity contribution is 9.11. The predicted octanol–water partition coefficient (Wildman–Crippen LogP) is 3.79. The molecule has 1 rings (SSSR count). The minimum Gasteiger partial charge on any atom is -0.424 e. The van der Waals surface area contributed by atoms with Crippen LogP contribution >= 0.6 is 43.5 Å². The minimum absolute atomic E-state index is 0.345. The van der Waals surface area contributed by atoms with Gasteiger partial charge in [0.05, 0.1) is 9.50 Å². The number of carbonyl (C=O) groups excluding carboxylic acids is 1. The first-order valence-electron chi connectivity index (χ1n) is 3.33. The highest BCUT2D eigenvalue weighted by atomic mass is 79.9. The first-order valence-corrected chi connectivity index (χ1v) is 5.30. The lowest BCUT2D eigenvalue weighted by atomic mass is 10.3. The Morgan fingerprint density at radius 3 is 2.54 bits per heavy atom. The summed E-state index contributed by atoms with van der Waals surface area (Å²) in [4.78, 5) is 10.7. The van der Waals surface area contributed by atoms with Gasteiger partial charge < -0.3 is 4.74 Å². The Morgan fingerprint density at radius 2 is 2.08 bits per heavy atom. The van der Waals surface area contributed by atoms with E-state index in [-0.39, 0.29) is 0 Å². The number of benzene rings is 1. The van der Waals surface area contributed by atoms with Crippen LogP contribution in [0.3, 0.4) is 0 Å². The molecular formula is C8H5Br2ClO2. The summed E-state index contributed by atoms with van der Waals surface area (Å²) in [7, 11) is 0. The van der Waals surface area contributed by atoms with Crippen LogP contribution in [0, 0.1) is 0 Å². The van der Waals surface area contributed by atoms with E-state index in [1.165, 1.54) is 6.92 Å². The fraction of sp³-hybridized carbons (Fsp3) is 0.125. The molecule has 0 aliphatic rings. The second-order valence-corrected chi connectivity index (χ2v) is 4.47. The summed E-state index contributed by atoms with van der Waals surface area (Å²) in [6.45, 7) is 1.32. The van der Waals surface area contributed by atoms with E-state index in [0.717, 1.165) is 4.47 Å². The summed E-state index contributed by atoms with van der Waals surface area (Å²) in [6, 6.07) is 3.41. The van der Waals surface area contributed by atoms with E-state index in [1.54, 1.807) is 12.1 Å². The normalized spacial score (nSPS) is 9.85. The van der Waals surface area contributed by atoms with Crippen molar-refractivity contribution >= 4 is 49.4 Å². The van der Waals surface area contributed by atoms with Crippen LogP contribution in [0.15, 0.2) is 21.1 Å². The van der Waals surface area contributed by atoms with Crippen molar-refractivity contribution in [2.45, 2.75) is 6.92 Å². The number of hydrogen-bond acceptors (Lipinski definition) is 2. The SMILES string of the molecule is CC(=O)Oc1c(Cl)cc(Br)cc1Br. The molecule has 0 heterocycles. The van der Waals surface area contributed by atoms with Crippen molar-refractivity contribution in [1.82, 2.24) is 0 Å². The van der Waals surface area contributed by atoms with E-state index in [1.807, 2.05) is 0 Å². The van der Waals surface area contributed by atoms with Gasteiger partial charge in [0, 0.05) is 11.4 Å². The van der Waals surface area contributed by atoms with Gasteiger partial charge >= 0.3 is 5.97 Å². The molecule has 1 aromatic rings. The lowest BCUT2D eigenvalue weighted by Crippen LogP contribution is -2.02. The first kappa shape index (κ1) is 11.0. The standard InChI is InChI=1S/C8H5Br2ClO2/c1-4(12)13-8-6(10)2-5(9)3-7(8)11/h2-3H,1H3. The van der Waals surface area contributed by atoms with Crippen LogP contribution in [0.1, 0.15) is 6.92 Å². The van der Waals surface area contributed by atoms with Gasteiger partial charge in [0.15, 0.2) is 5.75 Å². The largest absolute Gasteiger partial charge is 0.424 e. The number of halogens is 3. The molecule has 0 aromatic heterocycles. The second kappa shape index (κ2) is 4.44. The summed E-state index contributed by atoms with van der Waals surface area (Å²) in [5.41, 5.74) is 0. The molecule has 0 fully saturated rings. The molecule has 0 bridgehead atoms. The second-order valence-electron chi connectivity index (χ2n) is 2.29. The third kappa shape index (κ3) is 2.97. The molecule has 0 atom stereocenters. The van der Waals surface area contributed by atoms with Crippen molar-refractivity contribution in [3.05, 3.63) is 26.1 Å². The third-order valence-electron chi connectivity index (χ3n) is 1.21. The summed E-state index contributed by atoms with van der Waals surface area (Å²) in [5.74, 6) is -0.0534. The van der Waals surface area contributed by atoms with Crippen molar-refractivity contribution in [3.8, 4) is 5.75 Å². The first-order chi connectivity index (χ1) is 6.00. The highest BCUT2D eigenvalue weighted by Crippen LogP contribution is 2.36. The summed E-state index contributed by atoms with van der Waals surface area (Å²) in [5, 5.41) is 0.386. The van der Waals surface area contributed by atoms with E-state index in [0.29, 0.717) is 15.2 Å². The zero-order chi connectivity index (χ0) is 10.0. The molecule has 2 nitrogen and oxygen atoms in total. The van der Waals surface area contributed by atoms with E-state index in [9.17, 15) is 4.79 Å². The van der Waals surface area contributed by atoms with Gasteiger partial charge in [0.2, 0.25) is 0 Å². The summed E-state index contributed by atoms with van der Waals surface area (Å²) >= 11 is 12.3. The summed E-state index contributed by atoms with van der Waals surface area (Å²) in [6.07, 6.45) is 0. The number of rotatable bonds is 1. The maximum absolute atomic E-state index is 10.7. The Morgan fingerprint density at radius 1 is 1.46 bits per heavy atom. The molecule has 0 radical (unpaired) electrons. The van der Waals surface area contributed by atoms with Crippen molar-refractivity contribution in [3.63, 3.8) is 0 Å². The molecule has 0 aliphatic carbocycles. The minimum atomic E-state index is -0.398. The van der Waals surface area contributed by atoms with E-state index in [2.05, 4.69) is 31.9 Å². The van der Waals surface area contributed by atoms with Gasteiger partial charge in [0.1, 0.15) is 0 Å². The Balaban J connectivity index is 3.13. The average molecular weight is 328 g/mol. The van der Waals surface area contributed by atoms with Gasteiger partial charge in [-0.2, -0.15) is 0 Å². The molecule has 0 amide bonds. The molecule has 0 N–H and O–H groups in total. The van der Waals surface area contributed by atoms with Crippen LogP contribution in [0.4, 0.5) is 0 Å². The Labute approximate surface area is 97.5 Å². The number of ether oxygens (including phenoxy) is 1. The van der Waals surface area contributed by atoms with Crippen molar-refractivity contribution in [2.75, 3.05) is 0 Å². The smallest absolute Gasteiger partial charge is 0.308 e. The lowest BCUT2D eigenvalue weighted by molar-refractivity contribution is -0.131. The number of esters is 1. The molecule has 13 heavy (non-hydrogen) atoms. The maximum Gasteiger partial charge on any atom is 0.308 e. The molecule has 5 heteroatoms. The quantitative estimate of drug-likeness (QED) is 0.579. The van der Waals surface area contributed by atoms with Crippen LogP contribution in [-0.4, -0.2) is 5.97 Å². The number of hydrogen-bond donors (Lipinski definition) is 0. The zero-order valence-electron chi connectivity index (χ0n) is 6.61. The van der Waals surface area contributed by atoms with Crippen LogP contribution in [-0.2, 0) is 4.79 Å². The highest BCUT2D eigenvalue weighted by Gasteiger charge is 2.10. The topological polar surface area (TPSA) is 26.3 Å². The molecule has 0 saturated carbocycles. The molecular weight excluding hydrogens is 323 g/mol. The van der Waals surface area contributed by atoms with Crippen LogP contribution in [0.5, 0.6) is 5.75 Å². The van der Waals surface area contributed by atoms with E-state index in [4.69, 9.17) is 16.3 Å². The maximum atomic E-state index is 10.7. The molecule has 70 valence electrons. The van der Waals surface area contributed by atoms with Crippen molar-refractivity contribution in [2.24, 2.45) is 0 Å². The Bertz CT molecular complexity index is 329. The summed E-state index contributed by atoms with van der Waals surface area (Å²) < 4.78 is 6.35. The zero-order valence-corrected chi connectivity index (χ0v) is 10.5. The van der Waals surface area contributed by atoms with Gasteiger partial charge in [0.25, 0.3) is 0 Å². The van der Waals surface area contributed by atoms with Crippen LogP contribution in [0.25, 0.3) is 0 Å². The Kier molecular flexibility index (Phi) is 3.76. The molecule has 1 aromatic carbocycles. The third-order valence-corrected chi connectivity index (χ3v) is 2.54.